The van der Waals surface area contributed by atoms with E-state index in [-0.39, 0.29) is 5.60 Å². The van der Waals surface area contributed by atoms with E-state index in [9.17, 15) is 26.3 Å². The molecule has 8 nitrogen and oxygen atoms in total. The summed E-state index contributed by atoms with van der Waals surface area (Å²) in [6, 6.07) is 4.92. The fourth-order valence-corrected chi connectivity index (χ4v) is 4.27. The molecule has 2 aliphatic rings. The Labute approximate surface area is 214 Å². The summed E-state index contributed by atoms with van der Waals surface area (Å²) >= 11 is 1.84. The Hall–Kier alpha value is -1.94. The Bertz CT molecular complexity index is 813. The van der Waals surface area contributed by atoms with Crippen LogP contribution < -0.4 is 0 Å². The Morgan fingerprint density at radius 2 is 1.76 bits per heavy atom. The molecule has 1 spiro atoms. The van der Waals surface area contributed by atoms with Gasteiger partial charge in [-0.25, -0.2) is 9.59 Å². The van der Waals surface area contributed by atoms with E-state index in [1.54, 1.807) is 0 Å². The third-order valence-electron chi connectivity index (χ3n) is 5.59. The van der Waals surface area contributed by atoms with Crippen LogP contribution in [0.3, 0.4) is 0 Å². The van der Waals surface area contributed by atoms with E-state index in [1.165, 1.54) is 4.88 Å². The molecule has 0 radical (unpaired) electrons. The number of carbonyl (C=O) groups is 2. The van der Waals surface area contributed by atoms with Crippen LogP contribution >= 0.6 is 11.3 Å². The molecule has 0 saturated carbocycles. The van der Waals surface area contributed by atoms with Crippen LogP contribution in [0.15, 0.2) is 17.5 Å². The van der Waals surface area contributed by atoms with Crippen molar-refractivity contribution in [2.45, 2.75) is 63.3 Å². The van der Waals surface area contributed by atoms with Gasteiger partial charge in [0, 0.05) is 37.1 Å². The van der Waals surface area contributed by atoms with Gasteiger partial charge in [0.25, 0.3) is 0 Å². The summed E-state index contributed by atoms with van der Waals surface area (Å²) in [6.45, 7) is 10.1. The van der Waals surface area contributed by atoms with E-state index in [0.29, 0.717) is 12.1 Å². The van der Waals surface area contributed by atoms with Crippen LogP contribution in [-0.2, 0) is 25.6 Å². The van der Waals surface area contributed by atoms with Crippen LogP contribution in [0.2, 0.25) is 0 Å². The maximum Gasteiger partial charge on any atom is 0.490 e. The van der Waals surface area contributed by atoms with Crippen LogP contribution in [0.25, 0.3) is 0 Å². The van der Waals surface area contributed by atoms with E-state index in [4.69, 9.17) is 29.3 Å². The van der Waals surface area contributed by atoms with Crippen molar-refractivity contribution in [3.8, 4) is 0 Å². The highest BCUT2D eigenvalue weighted by molar-refractivity contribution is 7.09. The predicted molar refractivity (Wildman–Crippen MR) is 122 cm³/mol. The minimum atomic E-state index is -5.08. The Kier molecular flexibility index (Phi) is 12.8. The third kappa shape index (κ3) is 12.4. The van der Waals surface area contributed by atoms with Crippen molar-refractivity contribution in [2.75, 3.05) is 39.9 Å². The highest BCUT2D eigenvalue weighted by Crippen LogP contribution is 2.34. The quantitative estimate of drug-likeness (QED) is 0.514. The molecule has 0 bridgehead atoms. The van der Waals surface area contributed by atoms with Crippen LogP contribution in [-0.4, -0.2) is 102 Å². The molecular weight excluding hydrogens is 534 g/mol. The smallest absolute Gasteiger partial charge is 0.475 e. The van der Waals surface area contributed by atoms with Crippen LogP contribution in [0, 0.1) is 0 Å². The monoisotopic (exact) mass is 566 g/mol. The second kappa shape index (κ2) is 14.3. The number of carboxylic acid groups (broad SMARTS) is 2. The minimum absolute atomic E-state index is 0.101. The van der Waals surface area contributed by atoms with Crippen molar-refractivity contribution in [3.05, 3.63) is 22.4 Å². The first kappa shape index (κ1) is 33.1. The summed E-state index contributed by atoms with van der Waals surface area (Å²) in [5.74, 6) is -5.51. The number of halogens is 6. The number of thiophene rings is 1. The highest BCUT2D eigenvalue weighted by atomic mass is 32.1. The number of nitrogens with zero attached hydrogens (tertiary/aromatic N) is 2. The molecule has 3 rings (SSSR count). The van der Waals surface area contributed by atoms with Crippen molar-refractivity contribution < 1.29 is 55.6 Å². The number of carboxylic acids is 2. The maximum absolute atomic E-state index is 10.6. The fourth-order valence-electron chi connectivity index (χ4n) is 3.52. The van der Waals surface area contributed by atoms with Crippen LogP contribution in [0.5, 0.6) is 0 Å². The first-order valence-electron chi connectivity index (χ1n) is 11.3. The standard InChI is InChI=1S/C18H30N2O2S.2C2HF3O2/c1-15(2)19(3)11-16-6-7-18(22-16)13-20(8-9-21-14-18)12-17-5-4-10-23-17;2*3-2(4,5)1(6)7/h4-5,10,15-16H,6-9,11-14H2,1-3H3;2*(H,6,7). The second-order valence-corrected chi connectivity index (χ2v) is 9.98. The van der Waals surface area contributed by atoms with Gasteiger partial charge < -0.3 is 24.6 Å². The summed E-state index contributed by atoms with van der Waals surface area (Å²) in [5.41, 5.74) is -0.101. The lowest BCUT2D eigenvalue weighted by Crippen LogP contribution is -2.45. The number of ether oxygens (including phenoxy) is 2. The molecule has 1 aromatic heterocycles. The first-order chi connectivity index (χ1) is 16.9. The normalized spacial score (nSPS) is 22.7. The highest BCUT2D eigenvalue weighted by Gasteiger charge is 2.43. The van der Waals surface area contributed by atoms with E-state index in [1.807, 2.05) is 11.3 Å². The zero-order chi connectivity index (χ0) is 28.4. The molecule has 2 saturated heterocycles. The number of alkyl halides is 6. The molecular formula is C22H32F6N2O6S. The molecule has 0 aromatic carbocycles. The molecule has 2 unspecified atom stereocenters. The van der Waals surface area contributed by atoms with Crippen molar-refractivity contribution >= 4 is 23.3 Å². The van der Waals surface area contributed by atoms with Crippen molar-refractivity contribution in [2.24, 2.45) is 0 Å². The van der Waals surface area contributed by atoms with Gasteiger partial charge in [0.05, 0.1) is 19.3 Å². The Morgan fingerprint density at radius 3 is 2.22 bits per heavy atom. The van der Waals surface area contributed by atoms with E-state index in [2.05, 4.69) is 48.2 Å². The maximum atomic E-state index is 10.6. The largest absolute Gasteiger partial charge is 0.490 e. The first-order valence-corrected chi connectivity index (χ1v) is 12.1. The van der Waals surface area contributed by atoms with Crippen molar-refractivity contribution in [3.63, 3.8) is 0 Å². The van der Waals surface area contributed by atoms with Gasteiger partial charge in [-0.2, -0.15) is 26.3 Å². The molecule has 0 aliphatic carbocycles. The molecule has 15 heteroatoms. The second-order valence-electron chi connectivity index (χ2n) is 8.94. The van der Waals surface area contributed by atoms with Gasteiger partial charge in [-0.1, -0.05) is 6.07 Å². The average Bonchev–Trinajstić information content (AvgIpc) is 3.36. The molecule has 0 amide bonds. The summed E-state index contributed by atoms with van der Waals surface area (Å²) in [6.07, 6.45) is -7.56. The Morgan fingerprint density at radius 1 is 1.19 bits per heavy atom. The van der Waals surface area contributed by atoms with E-state index in [0.717, 1.165) is 52.2 Å². The molecule has 2 fully saturated rings. The summed E-state index contributed by atoms with van der Waals surface area (Å²) in [4.78, 5) is 24.1. The number of likely N-dealkylation sites (N-methyl/N-ethyl adjacent to an activating group) is 1. The predicted octanol–water partition coefficient (Wildman–Crippen LogP) is 4.10. The van der Waals surface area contributed by atoms with Gasteiger partial charge in [0.1, 0.15) is 5.60 Å². The molecule has 214 valence electrons. The lowest BCUT2D eigenvalue weighted by atomic mass is 10.00. The third-order valence-corrected chi connectivity index (χ3v) is 6.45. The lowest BCUT2D eigenvalue weighted by Gasteiger charge is -2.32. The summed E-state index contributed by atoms with van der Waals surface area (Å²) in [7, 11) is 2.19. The van der Waals surface area contributed by atoms with Gasteiger partial charge in [-0.15, -0.1) is 11.3 Å². The Balaban J connectivity index is 0.000000404. The van der Waals surface area contributed by atoms with Crippen molar-refractivity contribution in [1.82, 2.24) is 9.80 Å². The van der Waals surface area contributed by atoms with Gasteiger partial charge in [0.2, 0.25) is 0 Å². The van der Waals surface area contributed by atoms with Crippen molar-refractivity contribution in [1.29, 1.82) is 0 Å². The molecule has 2 atom stereocenters. The van der Waals surface area contributed by atoms with Gasteiger partial charge in [0.15, 0.2) is 0 Å². The number of hydrogen-bond donors (Lipinski definition) is 2. The number of rotatable bonds is 5. The van der Waals surface area contributed by atoms with E-state index < -0.39 is 24.3 Å². The molecule has 37 heavy (non-hydrogen) atoms. The lowest BCUT2D eigenvalue weighted by molar-refractivity contribution is -0.193. The minimum Gasteiger partial charge on any atom is -0.475 e. The average molecular weight is 567 g/mol. The fraction of sp³-hybridized carbons (Fsp3) is 0.727. The van der Waals surface area contributed by atoms with Gasteiger partial charge in [-0.3, -0.25) is 4.90 Å². The molecule has 2 N–H and O–H groups in total. The molecule has 2 aliphatic heterocycles. The van der Waals surface area contributed by atoms with Crippen LogP contribution in [0.4, 0.5) is 26.3 Å². The van der Waals surface area contributed by atoms with E-state index >= 15 is 0 Å². The zero-order valence-corrected chi connectivity index (χ0v) is 21.5. The van der Waals surface area contributed by atoms with Gasteiger partial charge in [-0.05, 0) is 45.2 Å². The molecule has 1 aromatic rings. The van der Waals surface area contributed by atoms with Crippen LogP contribution in [0.1, 0.15) is 31.6 Å². The number of hydrogen-bond acceptors (Lipinski definition) is 7. The number of aliphatic carboxylic acids is 2. The SMILES string of the molecule is CC(C)N(C)CC1CCC2(COCCN(Cc3cccs3)C2)O1.O=C(O)C(F)(F)F.O=C(O)C(F)(F)F. The topological polar surface area (TPSA) is 99.5 Å². The molecule has 3 heterocycles. The summed E-state index contributed by atoms with van der Waals surface area (Å²) in [5, 5.41) is 16.4. The summed E-state index contributed by atoms with van der Waals surface area (Å²) < 4.78 is 75.9. The zero-order valence-electron chi connectivity index (χ0n) is 20.6. The van der Waals surface area contributed by atoms with Gasteiger partial charge >= 0.3 is 24.3 Å².